The highest BCUT2D eigenvalue weighted by Crippen LogP contribution is 2.41. The summed E-state index contributed by atoms with van der Waals surface area (Å²) in [5.41, 5.74) is 1.19. The Labute approximate surface area is 219 Å². The number of aromatic hydroxyl groups is 1. The van der Waals surface area contributed by atoms with Gasteiger partial charge in [0, 0.05) is 35.6 Å². The average Bonchev–Trinajstić information content (AvgIpc) is 3.01. The second-order valence-corrected chi connectivity index (χ2v) is 12.4. The first-order valence-electron chi connectivity index (χ1n) is 11.5. The highest BCUT2D eigenvalue weighted by Gasteiger charge is 2.44. The van der Waals surface area contributed by atoms with E-state index >= 15 is 0 Å². The topological polar surface area (TPSA) is 162 Å². The lowest BCUT2D eigenvalue weighted by molar-refractivity contribution is -0.437. The van der Waals surface area contributed by atoms with Crippen LogP contribution in [0.4, 0.5) is 5.69 Å². The van der Waals surface area contributed by atoms with E-state index in [1.54, 1.807) is 42.5 Å². The van der Waals surface area contributed by atoms with Crippen LogP contribution < -0.4 is 5.63 Å². The number of rotatable bonds is 8. The van der Waals surface area contributed by atoms with E-state index in [1.165, 1.54) is 24.3 Å². The minimum Gasteiger partial charge on any atom is -0.508 e. The Kier molecular flexibility index (Phi) is 7.19. The molecular weight excluding hydrogens is 534 g/mol. The largest absolute Gasteiger partial charge is 0.508 e. The monoisotopic (exact) mass is 560 g/mol. The summed E-state index contributed by atoms with van der Waals surface area (Å²) in [4.78, 5) is 12.1. The van der Waals surface area contributed by atoms with Crippen LogP contribution >= 0.6 is 0 Å². The number of nitrogens with zero attached hydrogens (tertiary/aromatic N) is 1. The smallest absolute Gasteiger partial charge is 0.343 e. The van der Waals surface area contributed by atoms with Gasteiger partial charge >= 0.3 is 5.63 Å². The van der Waals surface area contributed by atoms with E-state index in [1.807, 2.05) is 18.4 Å². The Bertz CT molecular complexity index is 1800. The zero-order valence-corrected chi connectivity index (χ0v) is 22.2. The zero-order chi connectivity index (χ0) is 27.9. The molecule has 2 aromatic carbocycles. The Morgan fingerprint density at radius 1 is 0.974 bits per heavy atom. The van der Waals surface area contributed by atoms with Gasteiger partial charge in [-0.3, -0.25) is 9.11 Å². The predicted octanol–water partition coefficient (Wildman–Crippen LogP) is 3.67. The molecule has 12 heteroatoms. The summed E-state index contributed by atoms with van der Waals surface area (Å²) in [5, 5.41) is 10.2. The molecule has 200 valence electrons. The van der Waals surface area contributed by atoms with Crippen LogP contribution in [-0.2, 0) is 25.7 Å². The zero-order valence-electron chi connectivity index (χ0n) is 20.5. The van der Waals surface area contributed by atoms with Gasteiger partial charge in [0.05, 0.1) is 21.6 Å². The van der Waals surface area contributed by atoms with Gasteiger partial charge in [-0.25, -0.2) is 4.79 Å². The predicted molar refractivity (Wildman–Crippen MR) is 142 cm³/mol. The van der Waals surface area contributed by atoms with Crippen molar-refractivity contribution in [2.45, 2.75) is 30.6 Å². The first kappa shape index (κ1) is 27.5. The number of fused-ring (bicyclic) bond motifs is 2. The standard InChI is InChI=1S/C26H25NO9S2/c1-26(2)21-16-20(38(33,34)35)10-11-22(21)27(12-5-13-37(30,31)32)24(26)7-4-3-6-18-14-17-8-9-19(28)15-23(17)36-25(18)29/h3-4,6-11,14-16H,5,12-13H2,1-2H3,(H2,30,31,32,33,34,35)/p+1. The lowest BCUT2D eigenvalue weighted by atomic mass is 9.81. The molecule has 0 saturated carbocycles. The molecule has 0 fully saturated rings. The fourth-order valence-corrected chi connectivity index (χ4v) is 5.50. The Morgan fingerprint density at radius 3 is 2.37 bits per heavy atom. The van der Waals surface area contributed by atoms with Gasteiger partial charge in [-0.05, 0) is 50.3 Å². The molecule has 1 aliphatic rings. The molecule has 2 heterocycles. The van der Waals surface area contributed by atoms with E-state index in [2.05, 4.69) is 0 Å². The number of hydrogen-bond donors (Lipinski definition) is 3. The molecule has 0 amide bonds. The van der Waals surface area contributed by atoms with Gasteiger partial charge in [0.25, 0.3) is 20.2 Å². The summed E-state index contributed by atoms with van der Waals surface area (Å²) < 4.78 is 71.7. The maximum Gasteiger partial charge on any atom is 0.343 e. The highest BCUT2D eigenvalue weighted by molar-refractivity contribution is 7.86. The van der Waals surface area contributed by atoms with E-state index < -0.39 is 37.0 Å². The van der Waals surface area contributed by atoms with Crippen molar-refractivity contribution in [3.63, 3.8) is 0 Å². The molecule has 0 aliphatic carbocycles. The van der Waals surface area contributed by atoms with Crippen molar-refractivity contribution in [2.24, 2.45) is 0 Å². The molecule has 4 rings (SSSR count). The Balaban J connectivity index is 1.70. The molecule has 3 aromatic rings. The van der Waals surface area contributed by atoms with Gasteiger partial charge in [0.15, 0.2) is 5.71 Å². The molecule has 38 heavy (non-hydrogen) atoms. The molecule has 3 N–H and O–H groups in total. The summed E-state index contributed by atoms with van der Waals surface area (Å²) in [5.74, 6) is -0.469. The number of benzene rings is 2. The third-order valence-electron chi connectivity index (χ3n) is 6.33. The second-order valence-electron chi connectivity index (χ2n) is 9.39. The SMILES string of the molecule is CC1(C)C(/C=C/C=C/c2cc3ccc(O)cc3oc2=O)=[N+](CCCS(=O)(=O)O)c2ccc(S(=O)(=O)O)cc21. The van der Waals surface area contributed by atoms with Gasteiger partial charge in [-0.15, -0.1) is 0 Å². The van der Waals surface area contributed by atoms with Gasteiger partial charge in [-0.1, -0.05) is 12.2 Å². The number of phenolic OH excluding ortho intramolecular Hbond substituents is 1. The lowest BCUT2D eigenvalue weighted by Gasteiger charge is -2.15. The van der Waals surface area contributed by atoms with Crippen LogP contribution in [0.3, 0.4) is 0 Å². The Hall–Kier alpha value is -3.58. The van der Waals surface area contributed by atoms with Crippen molar-refractivity contribution >= 4 is 48.7 Å². The normalized spacial score (nSPS) is 15.7. The van der Waals surface area contributed by atoms with Crippen molar-refractivity contribution in [2.75, 3.05) is 12.3 Å². The maximum atomic E-state index is 12.3. The summed E-state index contributed by atoms with van der Waals surface area (Å²) >= 11 is 0. The van der Waals surface area contributed by atoms with Crippen molar-refractivity contribution in [3.8, 4) is 5.75 Å². The molecule has 0 atom stereocenters. The third-order valence-corrected chi connectivity index (χ3v) is 7.99. The van der Waals surface area contributed by atoms with Crippen LogP contribution in [0.2, 0.25) is 0 Å². The summed E-state index contributed by atoms with van der Waals surface area (Å²) in [6.07, 6.45) is 6.74. The van der Waals surface area contributed by atoms with Gasteiger partial charge in [0.1, 0.15) is 17.9 Å². The van der Waals surface area contributed by atoms with Crippen LogP contribution in [0, 0.1) is 0 Å². The van der Waals surface area contributed by atoms with Crippen molar-refractivity contribution in [3.05, 3.63) is 82.2 Å². The summed E-state index contributed by atoms with van der Waals surface area (Å²) in [6, 6.07) is 10.3. The molecule has 10 nitrogen and oxygen atoms in total. The fraction of sp³-hybridized carbons (Fsp3) is 0.231. The molecule has 0 radical (unpaired) electrons. The summed E-state index contributed by atoms with van der Waals surface area (Å²) in [7, 11) is -8.61. The highest BCUT2D eigenvalue weighted by atomic mass is 32.2. The van der Waals surface area contributed by atoms with Crippen LogP contribution in [0.5, 0.6) is 5.75 Å². The van der Waals surface area contributed by atoms with Gasteiger partial charge in [-0.2, -0.15) is 21.4 Å². The lowest BCUT2D eigenvalue weighted by Crippen LogP contribution is -2.28. The van der Waals surface area contributed by atoms with E-state index in [-0.39, 0.29) is 34.8 Å². The van der Waals surface area contributed by atoms with E-state index in [9.17, 15) is 31.3 Å². The minimum atomic E-state index is -4.44. The molecule has 0 unspecified atom stereocenters. The Morgan fingerprint density at radius 2 is 1.68 bits per heavy atom. The number of allylic oxidation sites excluding steroid dienone is 3. The van der Waals surface area contributed by atoms with Crippen LogP contribution in [0.1, 0.15) is 31.4 Å². The quantitative estimate of drug-likeness (QED) is 0.161. The van der Waals surface area contributed by atoms with Crippen molar-refractivity contribution in [1.29, 1.82) is 0 Å². The first-order chi connectivity index (χ1) is 17.7. The van der Waals surface area contributed by atoms with Crippen LogP contribution in [-0.4, -0.2) is 53.6 Å². The molecule has 0 bridgehead atoms. The molecular formula is C26H26NO9S2+. The molecule has 0 spiro atoms. The van der Waals surface area contributed by atoms with Crippen LogP contribution in [0.15, 0.2) is 74.8 Å². The maximum absolute atomic E-state index is 12.3. The van der Waals surface area contributed by atoms with Gasteiger partial charge in [0.2, 0.25) is 5.69 Å². The first-order valence-corrected chi connectivity index (χ1v) is 14.6. The van der Waals surface area contributed by atoms with Crippen molar-refractivity contribution < 1.29 is 40.0 Å². The number of hydrogen-bond acceptors (Lipinski definition) is 7. The van der Waals surface area contributed by atoms with Gasteiger partial charge < -0.3 is 9.52 Å². The molecule has 1 aromatic heterocycles. The number of phenols is 1. The summed E-state index contributed by atoms with van der Waals surface area (Å²) in [6.45, 7) is 3.93. The fourth-order valence-electron chi connectivity index (χ4n) is 4.50. The third kappa shape index (κ3) is 5.78. The van der Waals surface area contributed by atoms with E-state index in [0.717, 1.165) is 0 Å². The van der Waals surface area contributed by atoms with Crippen LogP contribution in [0.25, 0.3) is 17.0 Å². The van der Waals surface area contributed by atoms with Crippen molar-refractivity contribution in [1.82, 2.24) is 0 Å². The molecule has 0 saturated heterocycles. The average molecular weight is 561 g/mol. The minimum absolute atomic E-state index is 0.0195. The van der Waals surface area contributed by atoms with E-state index in [0.29, 0.717) is 22.3 Å². The molecule has 1 aliphatic heterocycles. The van der Waals surface area contributed by atoms with E-state index in [4.69, 9.17) is 8.97 Å². The second kappa shape index (κ2) is 9.95.